The Bertz CT molecular complexity index is 1440. The van der Waals surface area contributed by atoms with Crippen LogP contribution in [0.5, 0.6) is 5.88 Å². The van der Waals surface area contributed by atoms with Gasteiger partial charge in [-0.3, -0.25) is 9.59 Å². The molecule has 1 aromatic heterocycles. The van der Waals surface area contributed by atoms with Gasteiger partial charge in [-0.05, 0) is 55.0 Å². The van der Waals surface area contributed by atoms with Crippen LogP contribution in [0.4, 0.5) is 11.4 Å². The van der Waals surface area contributed by atoms with Gasteiger partial charge in [-0.25, -0.2) is 0 Å². The third kappa shape index (κ3) is 5.44. The quantitative estimate of drug-likeness (QED) is 0.263. The second-order valence-electron chi connectivity index (χ2n) is 8.24. The van der Waals surface area contributed by atoms with E-state index in [1.807, 2.05) is 68.4 Å². The number of hydrogen-bond acceptors (Lipinski definition) is 5. The van der Waals surface area contributed by atoms with E-state index in [-0.39, 0.29) is 17.3 Å². The van der Waals surface area contributed by atoms with E-state index in [1.54, 1.807) is 36.4 Å². The maximum atomic E-state index is 13.1. The number of benzene rings is 3. The van der Waals surface area contributed by atoms with Crippen molar-refractivity contribution in [1.82, 2.24) is 10.3 Å². The van der Waals surface area contributed by atoms with E-state index in [1.165, 1.54) is 0 Å². The SMILES string of the molecule is Cc1ccc2[nH]c(O)c(N=NC(=O)/C(=C\c3ccc(N(C)C)cc3)NC(=O)c3ccccc3)c2c1. The first kappa shape index (κ1) is 23.4. The van der Waals surface area contributed by atoms with Crippen molar-refractivity contribution in [2.24, 2.45) is 10.2 Å². The lowest BCUT2D eigenvalue weighted by atomic mass is 10.1. The highest BCUT2D eigenvalue weighted by atomic mass is 16.3. The normalized spacial score (nSPS) is 11.7. The highest BCUT2D eigenvalue weighted by Crippen LogP contribution is 2.36. The van der Waals surface area contributed by atoms with Gasteiger partial charge in [-0.15, -0.1) is 10.2 Å². The average Bonchev–Trinajstić information content (AvgIpc) is 3.16. The van der Waals surface area contributed by atoms with Crippen LogP contribution in [0.2, 0.25) is 0 Å². The fraction of sp³-hybridized carbons (Fsp3) is 0.111. The van der Waals surface area contributed by atoms with Crippen LogP contribution in [0.3, 0.4) is 0 Å². The zero-order valence-electron chi connectivity index (χ0n) is 19.6. The molecule has 0 atom stereocenters. The summed E-state index contributed by atoms with van der Waals surface area (Å²) in [5.41, 5.74) is 3.84. The molecule has 8 heteroatoms. The van der Waals surface area contributed by atoms with Crippen LogP contribution in [0.25, 0.3) is 17.0 Å². The molecule has 3 N–H and O–H groups in total. The summed E-state index contributed by atoms with van der Waals surface area (Å²) in [7, 11) is 3.86. The second-order valence-corrected chi connectivity index (χ2v) is 8.24. The Morgan fingerprint density at radius 1 is 1.00 bits per heavy atom. The number of aromatic amines is 1. The molecule has 3 aromatic carbocycles. The lowest BCUT2D eigenvalue weighted by molar-refractivity contribution is -0.115. The van der Waals surface area contributed by atoms with Crippen LogP contribution in [-0.2, 0) is 4.79 Å². The van der Waals surface area contributed by atoms with Gasteiger partial charge in [0, 0.05) is 30.7 Å². The Kier molecular flexibility index (Phi) is 6.73. The van der Waals surface area contributed by atoms with Crippen LogP contribution in [-0.4, -0.2) is 36.0 Å². The van der Waals surface area contributed by atoms with Gasteiger partial charge in [0.05, 0.1) is 5.52 Å². The molecule has 0 saturated heterocycles. The molecule has 2 amide bonds. The van der Waals surface area contributed by atoms with Crippen LogP contribution >= 0.6 is 0 Å². The average molecular weight is 468 g/mol. The molecule has 0 bridgehead atoms. The molecule has 0 saturated carbocycles. The van der Waals surface area contributed by atoms with Gasteiger partial charge in [0.15, 0.2) is 5.69 Å². The third-order valence-electron chi connectivity index (χ3n) is 5.38. The monoisotopic (exact) mass is 467 g/mol. The third-order valence-corrected chi connectivity index (χ3v) is 5.38. The van der Waals surface area contributed by atoms with Gasteiger partial charge in [0.1, 0.15) is 5.70 Å². The van der Waals surface area contributed by atoms with Crippen molar-refractivity contribution < 1.29 is 14.7 Å². The minimum Gasteiger partial charge on any atom is -0.493 e. The van der Waals surface area contributed by atoms with Crippen molar-refractivity contribution >= 4 is 40.2 Å². The Morgan fingerprint density at radius 3 is 2.40 bits per heavy atom. The molecule has 0 fully saturated rings. The second kappa shape index (κ2) is 10.0. The van der Waals surface area contributed by atoms with Crippen LogP contribution in [0.15, 0.2) is 88.7 Å². The van der Waals surface area contributed by atoms with Crippen molar-refractivity contribution in [2.75, 3.05) is 19.0 Å². The number of nitrogens with one attached hydrogen (secondary N) is 2. The summed E-state index contributed by atoms with van der Waals surface area (Å²) < 4.78 is 0. The summed E-state index contributed by atoms with van der Waals surface area (Å²) in [6.45, 7) is 1.91. The first-order chi connectivity index (χ1) is 16.8. The maximum absolute atomic E-state index is 13.1. The predicted molar refractivity (Wildman–Crippen MR) is 137 cm³/mol. The maximum Gasteiger partial charge on any atom is 0.311 e. The largest absolute Gasteiger partial charge is 0.493 e. The number of azo groups is 1. The number of aromatic nitrogens is 1. The number of H-pyrrole nitrogens is 1. The van der Waals surface area contributed by atoms with Crippen molar-refractivity contribution in [3.05, 3.63) is 95.2 Å². The molecule has 0 aliphatic heterocycles. The fourth-order valence-corrected chi connectivity index (χ4v) is 3.50. The van der Waals surface area contributed by atoms with E-state index in [0.717, 1.165) is 11.3 Å². The minimum atomic E-state index is -0.757. The molecule has 4 aromatic rings. The molecule has 0 aliphatic carbocycles. The predicted octanol–water partition coefficient (Wildman–Crippen LogP) is 5.33. The summed E-state index contributed by atoms with van der Waals surface area (Å²) in [5, 5.41) is 21.4. The van der Waals surface area contributed by atoms with Gasteiger partial charge in [-0.2, -0.15) is 0 Å². The molecule has 0 unspecified atom stereocenters. The first-order valence-corrected chi connectivity index (χ1v) is 10.9. The molecule has 8 nitrogen and oxygen atoms in total. The Labute approximate surface area is 202 Å². The summed E-state index contributed by atoms with van der Waals surface area (Å²) >= 11 is 0. The molecular formula is C27H25N5O3. The Balaban J connectivity index is 1.67. The van der Waals surface area contributed by atoms with Crippen LogP contribution < -0.4 is 10.2 Å². The topological polar surface area (TPSA) is 110 Å². The molecule has 0 aliphatic rings. The summed E-state index contributed by atoms with van der Waals surface area (Å²) in [5.74, 6) is -1.40. The van der Waals surface area contributed by atoms with E-state index >= 15 is 0 Å². The molecular weight excluding hydrogens is 442 g/mol. The summed E-state index contributed by atoms with van der Waals surface area (Å²) in [6.07, 6.45) is 1.54. The number of aromatic hydroxyl groups is 1. The molecule has 0 radical (unpaired) electrons. The summed E-state index contributed by atoms with van der Waals surface area (Å²) in [4.78, 5) is 30.6. The zero-order chi connectivity index (χ0) is 24.9. The van der Waals surface area contributed by atoms with Gasteiger partial charge in [0.2, 0.25) is 5.88 Å². The molecule has 35 heavy (non-hydrogen) atoms. The fourth-order valence-electron chi connectivity index (χ4n) is 3.50. The Morgan fingerprint density at radius 2 is 1.71 bits per heavy atom. The van der Waals surface area contributed by atoms with Crippen molar-refractivity contribution in [1.29, 1.82) is 0 Å². The smallest absolute Gasteiger partial charge is 0.311 e. The molecule has 4 rings (SSSR count). The van der Waals surface area contributed by atoms with Gasteiger partial charge < -0.3 is 20.3 Å². The summed E-state index contributed by atoms with van der Waals surface area (Å²) in [6, 6.07) is 21.6. The Hall–Kier alpha value is -4.72. The van der Waals surface area contributed by atoms with Crippen LogP contribution in [0, 0.1) is 6.92 Å². The van der Waals surface area contributed by atoms with E-state index < -0.39 is 11.8 Å². The van der Waals surface area contributed by atoms with Crippen molar-refractivity contribution in [3.63, 3.8) is 0 Å². The number of nitrogens with zero attached hydrogens (tertiary/aromatic N) is 3. The van der Waals surface area contributed by atoms with Gasteiger partial charge in [0.25, 0.3) is 5.91 Å². The van der Waals surface area contributed by atoms with Crippen molar-refractivity contribution in [2.45, 2.75) is 6.92 Å². The van der Waals surface area contributed by atoms with E-state index in [4.69, 9.17) is 0 Å². The van der Waals surface area contributed by atoms with E-state index in [0.29, 0.717) is 22.0 Å². The molecule has 1 heterocycles. The number of carbonyl (C=O) groups excluding carboxylic acids is 2. The highest BCUT2D eigenvalue weighted by molar-refractivity contribution is 6.05. The van der Waals surface area contributed by atoms with E-state index in [9.17, 15) is 14.7 Å². The number of carbonyl (C=O) groups is 2. The minimum absolute atomic E-state index is 0.0456. The highest BCUT2D eigenvalue weighted by Gasteiger charge is 2.16. The number of aryl methyl sites for hydroxylation is 1. The van der Waals surface area contributed by atoms with Gasteiger partial charge in [-0.1, -0.05) is 42.0 Å². The first-order valence-electron chi connectivity index (χ1n) is 10.9. The zero-order valence-corrected chi connectivity index (χ0v) is 19.6. The number of rotatable bonds is 6. The van der Waals surface area contributed by atoms with Crippen LogP contribution in [0.1, 0.15) is 21.5 Å². The molecule has 0 spiro atoms. The van der Waals surface area contributed by atoms with E-state index in [2.05, 4.69) is 20.5 Å². The van der Waals surface area contributed by atoms with Gasteiger partial charge >= 0.3 is 5.91 Å². The number of hydrogen-bond donors (Lipinski definition) is 3. The number of fused-ring (bicyclic) bond motifs is 1. The lowest BCUT2D eigenvalue weighted by Gasteiger charge is -2.12. The number of amides is 2. The standard InChI is InChI=1S/C27H25N5O3/c1-17-9-14-22-21(15-17)24(27(35)28-22)30-31-26(34)23(29-25(33)19-7-5-4-6-8-19)16-18-10-12-20(13-11-18)32(2)3/h4-16,28,35H,1-3H3,(H,29,33)/b23-16+,31-30?. The number of anilines is 1. The molecule has 176 valence electrons. The van der Waals surface area contributed by atoms with Crippen molar-refractivity contribution in [3.8, 4) is 5.88 Å². The lowest BCUT2D eigenvalue weighted by Crippen LogP contribution is -2.26.